The van der Waals surface area contributed by atoms with Crippen LogP contribution in [0.2, 0.25) is 0 Å². The number of likely N-dealkylation sites (tertiary alicyclic amines) is 1. The fourth-order valence-electron chi connectivity index (χ4n) is 16.1. The van der Waals surface area contributed by atoms with Crippen LogP contribution in [0.4, 0.5) is 0 Å². The molecule has 1 aromatic rings. The van der Waals surface area contributed by atoms with E-state index in [4.69, 9.17) is 11.5 Å². The molecule has 149 heavy (non-hydrogen) atoms. The van der Waals surface area contributed by atoms with Crippen LogP contribution >= 0.6 is 24.4 Å². The van der Waals surface area contributed by atoms with E-state index in [2.05, 4.69) is 103 Å². The van der Waals surface area contributed by atoms with Gasteiger partial charge >= 0.3 is 17.9 Å². The summed E-state index contributed by atoms with van der Waals surface area (Å²) in [6.45, 7) is 27.5. The summed E-state index contributed by atoms with van der Waals surface area (Å²) < 4.78 is 0. The minimum atomic E-state index is -1.96. The minimum Gasteiger partial charge on any atom is -0.481 e. The highest BCUT2D eigenvalue weighted by molar-refractivity contribution is 7.98. The normalized spacial score (nSPS) is 16.2. The SMILES string of the molecule is CSCC[C@H](N)C(=O)N[C@@H](CO)C(=O)N[C@@H](CC(C)C)C(=O)N[C@@H](CC(C)C)C(=O)N[C@@H](CC(C)C)C(=O)N[C@@H](CCC(=O)O)C(=O)N[C@@H](CO)C(=O)N[C@@H](CS)C(=O)N[C@H](C(=O)N[C@@H](CCC(=O)O)C(=O)N1CCC[C@H]1C(=O)N[C@@H](CC(C)C)C(=O)N[C@@H](CO)C(=O)N[C@@H](Cc1ccccc1)C(=O)N[C@@H](CC(C)C)C(=O)N[C@@H](CC(C)C)C(=O)N[C@@H](CC(C)C)C(=O)N[C@@H](CC(C)C)C(=O)N[C@@H](CCC(N)=O)C(=O)O)C(C)C. The summed E-state index contributed by atoms with van der Waals surface area (Å²) in [7, 11) is 0. The maximum absolute atomic E-state index is 14.9. The van der Waals surface area contributed by atoms with Gasteiger partial charge in [0, 0.05) is 38.0 Å². The van der Waals surface area contributed by atoms with Gasteiger partial charge in [-0.05, 0) is 161 Å². The predicted molar refractivity (Wildman–Crippen MR) is 554 cm³/mol. The van der Waals surface area contributed by atoms with Crippen LogP contribution in [0.25, 0.3) is 0 Å². The smallest absolute Gasteiger partial charge is 0.326 e. The van der Waals surface area contributed by atoms with E-state index in [0.717, 1.165) is 4.90 Å². The summed E-state index contributed by atoms with van der Waals surface area (Å²) in [5.41, 5.74) is 11.7. The average Bonchev–Trinajstić information content (AvgIpc) is 1.69. The summed E-state index contributed by atoms with van der Waals surface area (Å²) in [6, 6.07) is -20.5. The molecule has 0 bridgehead atoms. The molecule has 1 aromatic carbocycles. The number of aliphatic hydroxyl groups excluding tert-OH is 3. The number of primary amides is 1. The Morgan fingerprint density at radius 3 is 0.933 bits per heavy atom. The molecule has 0 aromatic heterocycles. The van der Waals surface area contributed by atoms with Crippen molar-refractivity contribution in [3.05, 3.63) is 35.9 Å². The Bertz CT molecular complexity index is 4610. The van der Waals surface area contributed by atoms with Crippen LogP contribution in [0.15, 0.2) is 30.3 Å². The number of nitrogens with one attached hydrogen (secondary N) is 17. The molecule has 48 nitrogen and oxygen atoms in total. The van der Waals surface area contributed by atoms with Crippen LogP contribution in [0.3, 0.4) is 0 Å². The van der Waals surface area contributed by atoms with Gasteiger partial charge in [0.25, 0.3) is 0 Å². The van der Waals surface area contributed by atoms with Gasteiger partial charge in [-0.15, -0.1) is 0 Å². The number of rotatable bonds is 71. The van der Waals surface area contributed by atoms with Crippen LogP contribution in [0.1, 0.15) is 239 Å². The Morgan fingerprint density at radius 1 is 0.342 bits per heavy atom. The summed E-state index contributed by atoms with van der Waals surface area (Å²) in [6.07, 6.45) is -1.72. The molecule has 1 fully saturated rings. The highest BCUT2D eigenvalue weighted by atomic mass is 32.2. The zero-order chi connectivity index (χ0) is 113. The lowest BCUT2D eigenvalue weighted by Gasteiger charge is -2.32. The molecule has 0 unspecified atom stereocenters. The van der Waals surface area contributed by atoms with E-state index in [1.807, 2.05) is 6.26 Å². The number of aliphatic hydroxyl groups is 3. The van der Waals surface area contributed by atoms with Gasteiger partial charge in [-0.25, -0.2) is 4.79 Å². The van der Waals surface area contributed by atoms with Gasteiger partial charge < -0.3 is 137 Å². The topological polar surface area (TPSA) is 757 Å². The van der Waals surface area contributed by atoms with Gasteiger partial charge in [-0.2, -0.15) is 24.4 Å². The molecule has 0 spiro atoms. The average molecular weight is 2150 g/mol. The molecule has 1 saturated heterocycles. The maximum atomic E-state index is 14.9. The van der Waals surface area contributed by atoms with E-state index in [9.17, 15) is 136 Å². The van der Waals surface area contributed by atoms with E-state index < -0.39 is 302 Å². The van der Waals surface area contributed by atoms with E-state index >= 15 is 0 Å². The van der Waals surface area contributed by atoms with Crippen molar-refractivity contribution < 1.29 is 136 Å². The van der Waals surface area contributed by atoms with E-state index in [-0.39, 0.29) is 144 Å². The molecule has 1 aliphatic heterocycles. The molecule has 27 N–H and O–H groups in total. The minimum absolute atomic E-state index is 0.000866. The Hall–Kier alpha value is -11.9. The zero-order valence-electron chi connectivity index (χ0n) is 89.1. The summed E-state index contributed by atoms with van der Waals surface area (Å²) in [4.78, 5) is 306. The number of carbonyl (C=O) groups is 22. The molecule has 2 rings (SSSR count). The Balaban J connectivity index is 2.47. The quantitative estimate of drug-likeness (QED) is 0.0301. The Labute approximate surface area is 881 Å². The monoisotopic (exact) mass is 2150 g/mol. The lowest BCUT2D eigenvalue weighted by molar-refractivity contribution is -0.144. The predicted octanol–water partition coefficient (Wildman–Crippen LogP) is -2.45. The highest BCUT2D eigenvalue weighted by Gasteiger charge is 2.44. The number of carboxylic acid groups (broad SMARTS) is 3. The van der Waals surface area contributed by atoms with Crippen molar-refractivity contribution in [3.8, 4) is 0 Å². The van der Waals surface area contributed by atoms with Crippen LogP contribution in [-0.2, 0) is 112 Å². The number of thiol groups is 1. The van der Waals surface area contributed by atoms with Gasteiger partial charge in [0.15, 0.2) is 0 Å². The number of thioether (sulfide) groups is 1. The highest BCUT2D eigenvalue weighted by Crippen LogP contribution is 2.24. The third-order valence-corrected chi connectivity index (χ3v) is 24.8. The molecule has 842 valence electrons. The number of nitrogens with two attached hydrogens (primary N) is 2. The second-order valence-corrected chi connectivity index (χ2v) is 42.8. The standard InChI is InChI=1S/C99H166N20O28S2/c1-49(2)36-63(105-85(132)65(38-51(5)6)109-89(136)69(42-55(13)14)111-92(139)72(45-120)114-81(128)59(100)33-35-149-19)83(130)102-60(28-31-78(124)125)82(129)115-74(47-122)94(141)117-75(48-148)95(142)118-80(57(17)18)97(144)103-61(29-32-79(126)127)98(145)119-34-23-26-76(119)96(143)113-70(43-56(15)16)90(137)116-73(46-121)93(140)112-71(44-58-24-21-20-22-25-58)91(138)110-68(41-54(11)12)88(135)108-67(40-53(9)10)87(134)107-66(39-52(7)8)86(133)106-64(37-50(3)4)84(131)104-62(99(146)147)27-30-77(101)123/h20-22,24-25,49-57,59-76,80,120-122,148H,23,26-48,100H2,1-19H3,(H2,101,123)(H,102,130)(H,103,144)(H,104,131)(H,105,132)(H,106,133)(H,107,134)(H,108,135)(H,109,136)(H,110,138)(H,111,139)(H,112,140)(H,113,143)(H,114,128)(H,115,129)(H,116,137)(H,117,141)(H,118,142)(H,124,125)(H,126,127)(H,146,147)/t59-,60-,61-,62-,63-,64-,65-,66-,67-,68-,69-,70-,71-,72-,73-,74-,75-,76-,80-/m0/s1. The number of aliphatic carboxylic acids is 3. The second-order valence-electron chi connectivity index (χ2n) is 41.5. The van der Waals surface area contributed by atoms with Gasteiger partial charge in [0.05, 0.1) is 25.9 Å². The molecular weight excluding hydrogens is 1980 g/mol. The summed E-state index contributed by atoms with van der Waals surface area (Å²) in [5.74, 6) is -25.7. The van der Waals surface area contributed by atoms with Crippen LogP contribution in [0, 0.1) is 53.3 Å². The first-order valence-corrected chi connectivity index (χ1v) is 52.9. The van der Waals surface area contributed by atoms with Gasteiger partial charge in [0.2, 0.25) is 112 Å². The van der Waals surface area contributed by atoms with Crippen molar-refractivity contribution in [1.29, 1.82) is 0 Å². The first-order chi connectivity index (χ1) is 69.7. The van der Waals surface area contributed by atoms with Crippen molar-refractivity contribution in [3.63, 3.8) is 0 Å². The molecule has 0 saturated carbocycles. The Morgan fingerprint density at radius 2 is 0.617 bits per heavy atom. The van der Waals surface area contributed by atoms with E-state index in [0.29, 0.717) is 11.3 Å². The molecule has 0 aliphatic carbocycles. The third-order valence-electron chi connectivity index (χ3n) is 23.8. The number of carboxylic acids is 3. The van der Waals surface area contributed by atoms with Gasteiger partial charge in [-0.1, -0.05) is 155 Å². The fraction of sp³-hybridized carbons (Fsp3) is 0.717. The molecule has 19 atom stereocenters. The number of carbonyl (C=O) groups excluding carboxylic acids is 19. The van der Waals surface area contributed by atoms with E-state index in [1.54, 1.807) is 141 Å². The largest absolute Gasteiger partial charge is 0.481 e. The van der Waals surface area contributed by atoms with Crippen LogP contribution < -0.4 is 102 Å². The lowest BCUT2D eigenvalue weighted by atomic mass is 9.97. The van der Waals surface area contributed by atoms with Crippen molar-refractivity contribution in [1.82, 2.24) is 95.3 Å². The van der Waals surface area contributed by atoms with Crippen molar-refractivity contribution in [2.24, 2.45) is 64.7 Å². The van der Waals surface area contributed by atoms with Crippen molar-refractivity contribution in [2.45, 2.75) is 355 Å². The fourth-order valence-corrected chi connectivity index (χ4v) is 16.8. The first kappa shape index (κ1) is 133. The summed E-state index contributed by atoms with van der Waals surface area (Å²) in [5, 5.41) is 104. The van der Waals surface area contributed by atoms with Gasteiger partial charge in [0.1, 0.15) is 109 Å². The third kappa shape index (κ3) is 50.1. The van der Waals surface area contributed by atoms with Crippen molar-refractivity contribution in [2.75, 3.05) is 44.1 Å². The lowest BCUT2D eigenvalue weighted by Crippen LogP contribution is -2.62. The molecule has 1 aliphatic rings. The van der Waals surface area contributed by atoms with Gasteiger partial charge in [-0.3, -0.25) is 101 Å². The zero-order valence-corrected chi connectivity index (χ0v) is 90.9. The molecule has 50 heteroatoms. The summed E-state index contributed by atoms with van der Waals surface area (Å²) >= 11 is 5.68. The molecular formula is C99H166N20O28S2. The number of amides is 19. The second kappa shape index (κ2) is 68.0. The Kier molecular flexibility index (Phi) is 60.8. The number of benzene rings is 1. The van der Waals surface area contributed by atoms with E-state index in [1.165, 1.54) is 25.6 Å². The van der Waals surface area contributed by atoms with Crippen molar-refractivity contribution >= 4 is 155 Å². The van der Waals surface area contributed by atoms with Crippen LogP contribution in [-0.4, -0.2) is 325 Å². The number of nitrogens with zero attached hydrogens (tertiary/aromatic N) is 1. The maximum Gasteiger partial charge on any atom is 0.326 e. The number of hydrogen-bond acceptors (Lipinski definition) is 28. The first-order valence-electron chi connectivity index (χ1n) is 50.9. The molecule has 19 amide bonds. The van der Waals surface area contributed by atoms with Crippen LogP contribution in [0.5, 0.6) is 0 Å². The molecule has 1 heterocycles. The number of hydrogen-bond donors (Lipinski definition) is 26. The molecule has 0 radical (unpaired) electrons.